The molecule has 2 fully saturated rings. The average molecular weight is 317 g/mol. The molecule has 0 saturated carbocycles. The second-order valence-electron chi connectivity index (χ2n) is 5.71. The van der Waals surface area contributed by atoms with E-state index in [9.17, 15) is 18.0 Å². The van der Waals surface area contributed by atoms with E-state index in [2.05, 4.69) is 0 Å². The van der Waals surface area contributed by atoms with Crippen LogP contribution in [0.1, 0.15) is 19.3 Å². The number of piperidine rings is 1. The Morgan fingerprint density at radius 2 is 1.81 bits per heavy atom. The van der Waals surface area contributed by atoms with Crippen LogP contribution in [0.4, 0.5) is 0 Å². The summed E-state index contributed by atoms with van der Waals surface area (Å²) >= 11 is 0. The van der Waals surface area contributed by atoms with E-state index >= 15 is 0 Å². The molecule has 0 aliphatic carbocycles. The van der Waals surface area contributed by atoms with Crippen LogP contribution in [0.25, 0.3) is 0 Å². The van der Waals surface area contributed by atoms with E-state index in [1.807, 2.05) is 4.90 Å². The molecule has 2 aliphatic heterocycles. The van der Waals surface area contributed by atoms with Crippen LogP contribution in [0.5, 0.6) is 0 Å². The lowest BCUT2D eigenvalue weighted by Gasteiger charge is -2.36. The lowest BCUT2D eigenvalue weighted by atomic mass is 10.0. The number of aldehydes is 1. The van der Waals surface area contributed by atoms with Gasteiger partial charge in [-0.15, -0.1) is 0 Å². The van der Waals surface area contributed by atoms with Crippen molar-refractivity contribution in [2.24, 2.45) is 0 Å². The second kappa shape index (κ2) is 6.85. The van der Waals surface area contributed by atoms with Gasteiger partial charge in [0, 0.05) is 26.2 Å². The van der Waals surface area contributed by atoms with Gasteiger partial charge in [0.2, 0.25) is 15.9 Å². The third kappa shape index (κ3) is 4.24. The zero-order valence-corrected chi connectivity index (χ0v) is 13.2. The van der Waals surface area contributed by atoms with Crippen molar-refractivity contribution in [3.63, 3.8) is 0 Å². The van der Waals surface area contributed by atoms with Crippen molar-refractivity contribution in [3.8, 4) is 0 Å². The number of nitrogens with zero attached hydrogens (tertiary/aromatic N) is 3. The fourth-order valence-corrected chi connectivity index (χ4v) is 3.74. The molecule has 0 aromatic heterocycles. The Labute approximate surface area is 125 Å². The van der Waals surface area contributed by atoms with Crippen molar-refractivity contribution in [2.75, 3.05) is 45.5 Å². The Bertz CT molecular complexity index is 486. The fourth-order valence-electron chi connectivity index (χ4n) is 2.91. The molecule has 0 bridgehead atoms. The minimum Gasteiger partial charge on any atom is -0.339 e. The minimum atomic E-state index is -3.18. The Morgan fingerprint density at radius 1 is 1.14 bits per heavy atom. The molecule has 1 atom stereocenters. The van der Waals surface area contributed by atoms with Crippen molar-refractivity contribution >= 4 is 22.2 Å². The number of rotatable bonds is 4. The van der Waals surface area contributed by atoms with Crippen molar-refractivity contribution in [1.29, 1.82) is 0 Å². The van der Waals surface area contributed by atoms with Crippen LogP contribution < -0.4 is 0 Å². The quantitative estimate of drug-likeness (QED) is 0.631. The van der Waals surface area contributed by atoms with Gasteiger partial charge >= 0.3 is 0 Å². The molecule has 0 N–H and O–H groups in total. The van der Waals surface area contributed by atoms with Crippen molar-refractivity contribution < 1.29 is 18.0 Å². The maximum absolute atomic E-state index is 12.3. The second-order valence-corrected chi connectivity index (χ2v) is 7.69. The summed E-state index contributed by atoms with van der Waals surface area (Å²) in [6.45, 7) is 2.57. The molecule has 1 unspecified atom stereocenters. The van der Waals surface area contributed by atoms with Gasteiger partial charge in [0.25, 0.3) is 0 Å². The molecule has 0 aromatic rings. The van der Waals surface area contributed by atoms with Crippen LogP contribution in [0.3, 0.4) is 0 Å². The summed E-state index contributed by atoms with van der Waals surface area (Å²) in [6.07, 6.45) is 4.97. The van der Waals surface area contributed by atoms with E-state index in [0.717, 1.165) is 32.1 Å². The molecule has 2 saturated heterocycles. The summed E-state index contributed by atoms with van der Waals surface area (Å²) in [7, 11) is -3.18. The Balaban J connectivity index is 1.86. The number of carbonyl (C=O) groups excluding carboxylic acids is 2. The first-order valence-electron chi connectivity index (χ1n) is 7.34. The van der Waals surface area contributed by atoms with Crippen LogP contribution in [-0.4, -0.2) is 86.3 Å². The largest absolute Gasteiger partial charge is 0.339 e. The highest BCUT2D eigenvalue weighted by Crippen LogP contribution is 2.16. The number of likely N-dealkylation sites (tertiary alicyclic amines) is 1. The lowest BCUT2D eigenvalue weighted by Crippen LogP contribution is -2.53. The first kappa shape index (κ1) is 16.4. The molecule has 0 spiro atoms. The summed E-state index contributed by atoms with van der Waals surface area (Å²) in [4.78, 5) is 27.0. The van der Waals surface area contributed by atoms with E-state index in [0.29, 0.717) is 26.2 Å². The Hall–Kier alpha value is -0.990. The Kier molecular flexibility index (Phi) is 5.34. The van der Waals surface area contributed by atoms with Crippen molar-refractivity contribution in [1.82, 2.24) is 14.1 Å². The van der Waals surface area contributed by atoms with Crippen molar-refractivity contribution in [2.45, 2.75) is 25.3 Å². The zero-order chi connectivity index (χ0) is 15.5. The predicted molar refractivity (Wildman–Crippen MR) is 78.3 cm³/mol. The molecule has 8 heteroatoms. The summed E-state index contributed by atoms with van der Waals surface area (Å²) in [6, 6.07) is -0.153. The van der Waals surface area contributed by atoms with Gasteiger partial charge in [0.05, 0.1) is 18.8 Å². The van der Waals surface area contributed by atoms with Crippen LogP contribution in [0.15, 0.2) is 0 Å². The molecule has 120 valence electrons. The molecule has 21 heavy (non-hydrogen) atoms. The van der Waals surface area contributed by atoms with Crippen LogP contribution in [-0.2, 0) is 19.6 Å². The molecular formula is C13H23N3O4S. The highest BCUT2D eigenvalue weighted by Gasteiger charge is 2.29. The number of amides is 1. The molecule has 7 nitrogen and oxygen atoms in total. The van der Waals surface area contributed by atoms with Crippen LogP contribution >= 0.6 is 0 Å². The predicted octanol–water partition coefficient (Wildman–Crippen LogP) is -0.856. The zero-order valence-electron chi connectivity index (χ0n) is 12.4. The topological polar surface area (TPSA) is 78.0 Å². The SMILES string of the molecule is CS(=O)(=O)N1CCN(C(=O)CN2CCCCC2C=O)CC1. The molecule has 2 aliphatic rings. The first-order valence-corrected chi connectivity index (χ1v) is 9.19. The number of hydrogen-bond donors (Lipinski definition) is 0. The van der Waals surface area contributed by atoms with Gasteiger partial charge in [-0.1, -0.05) is 6.42 Å². The van der Waals surface area contributed by atoms with E-state index in [-0.39, 0.29) is 18.5 Å². The van der Waals surface area contributed by atoms with Gasteiger partial charge in [-0.25, -0.2) is 8.42 Å². The average Bonchev–Trinajstić information content (AvgIpc) is 2.47. The number of hydrogen-bond acceptors (Lipinski definition) is 5. The third-order valence-corrected chi connectivity index (χ3v) is 5.52. The number of piperazine rings is 1. The lowest BCUT2D eigenvalue weighted by molar-refractivity contribution is -0.135. The highest BCUT2D eigenvalue weighted by molar-refractivity contribution is 7.88. The van der Waals surface area contributed by atoms with Gasteiger partial charge in [-0.3, -0.25) is 9.69 Å². The molecule has 1 amide bonds. The minimum absolute atomic E-state index is 0.0168. The van der Waals surface area contributed by atoms with Crippen LogP contribution in [0, 0.1) is 0 Å². The highest BCUT2D eigenvalue weighted by atomic mass is 32.2. The molecule has 0 aromatic carbocycles. The summed E-state index contributed by atoms with van der Waals surface area (Å²) < 4.78 is 24.3. The maximum Gasteiger partial charge on any atom is 0.236 e. The molecule has 2 heterocycles. The van der Waals surface area contributed by atoms with Gasteiger partial charge in [-0.2, -0.15) is 4.31 Å². The van der Waals surface area contributed by atoms with E-state index < -0.39 is 10.0 Å². The van der Waals surface area contributed by atoms with Gasteiger partial charge in [-0.05, 0) is 19.4 Å². The van der Waals surface area contributed by atoms with Crippen LogP contribution in [0.2, 0.25) is 0 Å². The Morgan fingerprint density at radius 3 is 2.38 bits per heavy atom. The van der Waals surface area contributed by atoms with E-state index in [4.69, 9.17) is 0 Å². The summed E-state index contributed by atoms with van der Waals surface area (Å²) in [5.74, 6) is -0.0168. The normalized spacial score (nSPS) is 25.8. The van der Waals surface area contributed by atoms with Gasteiger partial charge in [0.1, 0.15) is 6.29 Å². The third-order valence-electron chi connectivity index (χ3n) is 4.22. The van der Waals surface area contributed by atoms with Crippen molar-refractivity contribution in [3.05, 3.63) is 0 Å². The number of sulfonamides is 1. The fraction of sp³-hybridized carbons (Fsp3) is 0.846. The summed E-state index contributed by atoms with van der Waals surface area (Å²) in [5, 5.41) is 0. The number of carbonyl (C=O) groups is 2. The van der Waals surface area contributed by atoms with Gasteiger partial charge < -0.3 is 9.69 Å². The maximum atomic E-state index is 12.3. The molecule has 0 radical (unpaired) electrons. The molecule has 2 rings (SSSR count). The van der Waals surface area contributed by atoms with E-state index in [1.54, 1.807) is 4.90 Å². The standard InChI is InChI=1S/C13H23N3O4S/c1-21(19,20)16-8-6-14(7-9-16)13(18)10-15-5-3-2-4-12(15)11-17/h11-12H,2-10H2,1H3. The monoisotopic (exact) mass is 317 g/mol. The first-order chi connectivity index (χ1) is 9.91. The van der Waals surface area contributed by atoms with Gasteiger partial charge in [0.15, 0.2) is 0 Å². The molecular weight excluding hydrogens is 294 g/mol. The smallest absolute Gasteiger partial charge is 0.236 e. The summed E-state index contributed by atoms with van der Waals surface area (Å²) in [5.41, 5.74) is 0. The van der Waals surface area contributed by atoms with E-state index in [1.165, 1.54) is 10.6 Å².